The van der Waals surface area contributed by atoms with Crippen molar-refractivity contribution < 1.29 is 0 Å². The average Bonchev–Trinajstić information content (AvgIpc) is 2.32. The van der Waals surface area contributed by atoms with Gasteiger partial charge in [-0.3, -0.25) is 0 Å². The third kappa shape index (κ3) is 8.25. The van der Waals surface area contributed by atoms with Crippen LogP contribution in [-0.2, 0) is 0 Å². The van der Waals surface area contributed by atoms with Gasteiger partial charge in [0.05, 0.1) is 6.17 Å². The third-order valence-corrected chi connectivity index (χ3v) is 2.14. The van der Waals surface area contributed by atoms with Crippen LogP contribution in [0.2, 0.25) is 0 Å². The molecule has 0 heterocycles. The lowest BCUT2D eigenvalue weighted by atomic mass is 10.2. The lowest BCUT2D eigenvalue weighted by molar-refractivity contribution is 0.557. The van der Waals surface area contributed by atoms with Crippen molar-refractivity contribution in [2.75, 3.05) is 0 Å². The number of nitrogens with one attached hydrogen (secondary N) is 2. The predicted molar refractivity (Wildman–Crippen MR) is 75.9 cm³/mol. The SMILES string of the molecule is C=C/C=C(/C=C\NNC(N)/C=C(\C)C=C)CC. The number of hydrogen-bond donors (Lipinski definition) is 3. The molecule has 1 atom stereocenters. The van der Waals surface area contributed by atoms with Gasteiger partial charge in [-0.15, -0.1) is 0 Å². The third-order valence-electron chi connectivity index (χ3n) is 2.14. The highest BCUT2D eigenvalue weighted by Crippen LogP contribution is 2.01. The Bertz CT molecular complexity index is 324. The van der Waals surface area contributed by atoms with E-state index >= 15 is 0 Å². The Kier molecular flexibility index (Phi) is 8.74. The number of allylic oxidation sites excluding steroid dienone is 6. The van der Waals surface area contributed by atoms with E-state index in [1.165, 1.54) is 5.57 Å². The molecule has 0 radical (unpaired) electrons. The van der Waals surface area contributed by atoms with Crippen LogP contribution in [0.5, 0.6) is 0 Å². The molecule has 4 N–H and O–H groups in total. The minimum Gasteiger partial charge on any atom is -0.327 e. The number of nitrogens with two attached hydrogens (primary N) is 1. The lowest BCUT2D eigenvalue weighted by Crippen LogP contribution is -2.42. The molecule has 0 aliphatic carbocycles. The van der Waals surface area contributed by atoms with Gasteiger partial charge in [-0.05, 0) is 31.1 Å². The second-order valence-electron chi connectivity index (χ2n) is 3.59. The predicted octanol–water partition coefficient (Wildman–Crippen LogP) is 2.53. The Labute approximate surface area is 104 Å². The van der Waals surface area contributed by atoms with E-state index in [0.717, 1.165) is 12.0 Å². The largest absolute Gasteiger partial charge is 0.327 e. The molecule has 1 unspecified atom stereocenters. The summed E-state index contributed by atoms with van der Waals surface area (Å²) < 4.78 is 0. The Balaban J connectivity index is 4.06. The highest BCUT2D eigenvalue weighted by atomic mass is 15.4. The zero-order chi connectivity index (χ0) is 13.1. The van der Waals surface area contributed by atoms with Crippen LogP contribution >= 0.6 is 0 Å². The van der Waals surface area contributed by atoms with Gasteiger partial charge in [0, 0.05) is 6.20 Å². The first-order valence-corrected chi connectivity index (χ1v) is 5.69. The first-order chi connectivity index (χ1) is 8.13. The van der Waals surface area contributed by atoms with Gasteiger partial charge in [-0.2, -0.15) is 0 Å². The van der Waals surface area contributed by atoms with E-state index < -0.39 is 0 Å². The van der Waals surface area contributed by atoms with Crippen molar-refractivity contribution in [2.24, 2.45) is 5.73 Å². The van der Waals surface area contributed by atoms with Gasteiger partial charge < -0.3 is 11.2 Å². The summed E-state index contributed by atoms with van der Waals surface area (Å²) in [7, 11) is 0. The molecule has 3 heteroatoms. The molecular weight excluding hydrogens is 210 g/mol. The minimum atomic E-state index is -0.244. The highest BCUT2D eigenvalue weighted by Gasteiger charge is 1.93. The second kappa shape index (κ2) is 9.63. The van der Waals surface area contributed by atoms with Gasteiger partial charge in [0.15, 0.2) is 0 Å². The van der Waals surface area contributed by atoms with Gasteiger partial charge in [0.25, 0.3) is 0 Å². The second-order valence-corrected chi connectivity index (χ2v) is 3.59. The van der Waals surface area contributed by atoms with Crippen LogP contribution in [0.25, 0.3) is 0 Å². The normalized spacial score (nSPS) is 14.8. The number of hydrazine groups is 1. The van der Waals surface area contributed by atoms with Crippen molar-refractivity contribution in [1.29, 1.82) is 0 Å². The molecular formula is C14H23N3. The molecule has 3 nitrogen and oxygen atoms in total. The fourth-order valence-corrected chi connectivity index (χ4v) is 1.13. The van der Waals surface area contributed by atoms with Crippen molar-refractivity contribution in [1.82, 2.24) is 10.9 Å². The van der Waals surface area contributed by atoms with Gasteiger partial charge in [-0.1, -0.05) is 43.9 Å². The van der Waals surface area contributed by atoms with Crippen LogP contribution in [0.1, 0.15) is 20.3 Å². The molecule has 0 saturated heterocycles. The Morgan fingerprint density at radius 1 is 1.41 bits per heavy atom. The van der Waals surface area contributed by atoms with E-state index in [1.54, 1.807) is 12.2 Å². The summed E-state index contributed by atoms with van der Waals surface area (Å²) in [6, 6.07) is 0. The average molecular weight is 233 g/mol. The molecule has 0 aromatic rings. The summed E-state index contributed by atoms with van der Waals surface area (Å²) in [6.07, 6.45) is 11.9. The summed E-state index contributed by atoms with van der Waals surface area (Å²) >= 11 is 0. The fourth-order valence-electron chi connectivity index (χ4n) is 1.13. The van der Waals surface area contributed by atoms with E-state index in [4.69, 9.17) is 5.73 Å². The first kappa shape index (κ1) is 15.4. The maximum absolute atomic E-state index is 5.80. The molecule has 0 fully saturated rings. The van der Waals surface area contributed by atoms with Crippen LogP contribution in [0, 0.1) is 0 Å². The summed E-state index contributed by atoms with van der Waals surface area (Å²) in [5, 5.41) is 0. The molecule has 94 valence electrons. The van der Waals surface area contributed by atoms with Crippen LogP contribution in [0.3, 0.4) is 0 Å². The first-order valence-electron chi connectivity index (χ1n) is 5.69. The van der Waals surface area contributed by atoms with Crippen molar-refractivity contribution >= 4 is 0 Å². The van der Waals surface area contributed by atoms with Crippen LogP contribution in [0.15, 0.2) is 60.9 Å². The lowest BCUT2D eigenvalue weighted by Gasteiger charge is -2.09. The van der Waals surface area contributed by atoms with Crippen molar-refractivity contribution in [3.63, 3.8) is 0 Å². The molecule has 0 rings (SSSR count). The molecule has 0 aliphatic heterocycles. The summed E-state index contributed by atoms with van der Waals surface area (Å²) in [6.45, 7) is 11.4. The van der Waals surface area contributed by atoms with Gasteiger partial charge in [0.1, 0.15) is 0 Å². The van der Waals surface area contributed by atoms with Gasteiger partial charge >= 0.3 is 0 Å². The highest BCUT2D eigenvalue weighted by molar-refractivity contribution is 5.22. The monoisotopic (exact) mass is 233 g/mol. The maximum Gasteiger partial charge on any atom is 0.0917 e. The van der Waals surface area contributed by atoms with Gasteiger partial charge in [0.2, 0.25) is 0 Å². The standard InChI is InChI=1S/C14H23N3/c1-5-8-13(7-3)9-10-16-17-14(15)11-12(4)6-2/h5-6,8-11,14,16-17H,1-2,7,15H2,3-4H3/b10-9-,12-11+,13-8+. The van der Waals surface area contributed by atoms with Crippen LogP contribution < -0.4 is 16.6 Å². The zero-order valence-corrected chi connectivity index (χ0v) is 10.7. The fraction of sp³-hybridized carbons (Fsp3) is 0.286. The quantitative estimate of drug-likeness (QED) is 0.343. The summed E-state index contributed by atoms with van der Waals surface area (Å²) in [4.78, 5) is 0. The molecule has 0 aromatic carbocycles. The van der Waals surface area contributed by atoms with E-state index in [1.807, 2.05) is 31.4 Å². The summed E-state index contributed by atoms with van der Waals surface area (Å²) in [5.41, 5.74) is 13.9. The van der Waals surface area contributed by atoms with Crippen LogP contribution in [0.4, 0.5) is 0 Å². The molecule has 17 heavy (non-hydrogen) atoms. The molecule has 0 bridgehead atoms. The zero-order valence-electron chi connectivity index (χ0n) is 10.7. The Morgan fingerprint density at radius 2 is 2.12 bits per heavy atom. The number of rotatable bonds is 8. The van der Waals surface area contributed by atoms with Crippen molar-refractivity contribution in [3.8, 4) is 0 Å². The molecule has 0 amide bonds. The number of hydrogen-bond acceptors (Lipinski definition) is 3. The molecule has 0 spiro atoms. The minimum absolute atomic E-state index is 0.244. The topological polar surface area (TPSA) is 50.1 Å². The summed E-state index contributed by atoms with van der Waals surface area (Å²) in [5.74, 6) is 0. The Morgan fingerprint density at radius 3 is 2.65 bits per heavy atom. The van der Waals surface area contributed by atoms with E-state index in [0.29, 0.717) is 0 Å². The maximum atomic E-state index is 5.80. The Hall–Kier alpha value is -1.58. The smallest absolute Gasteiger partial charge is 0.0917 e. The van der Waals surface area contributed by atoms with Gasteiger partial charge in [-0.25, -0.2) is 5.43 Å². The van der Waals surface area contributed by atoms with E-state index in [9.17, 15) is 0 Å². The van der Waals surface area contributed by atoms with Crippen LogP contribution in [-0.4, -0.2) is 6.17 Å². The van der Waals surface area contributed by atoms with E-state index in [2.05, 4.69) is 30.9 Å². The molecule has 0 aromatic heterocycles. The molecule has 0 saturated carbocycles. The van der Waals surface area contributed by atoms with E-state index in [-0.39, 0.29) is 6.17 Å². The molecule has 0 aliphatic rings. The van der Waals surface area contributed by atoms with Crippen molar-refractivity contribution in [3.05, 3.63) is 60.9 Å². The van der Waals surface area contributed by atoms with Crippen molar-refractivity contribution in [2.45, 2.75) is 26.4 Å².